The van der Waals surface area contributed by atoms with Gasteiger partial charge in [-0.1, -0.05) is 6.92 Å². The number of hydrogen-bond donors (Lipinski definition) is 1. The predicted octanol–water partition coefficient (Wildman–Crippen LogP) is 2.09. The topological polar surface area (TPSA) is 37.3 Å². The molecular weight excluding hydrogens is 192 g/mol. The van der Waals surface area contributed by atoms with E-state index in [4.69, 9.17) is 5.11 Å². The molecule has 1 aliphatic heterocycles. The quantitative estimate of drug-likeness (QED) is 0.764. The summed E-state index contributed by atoms with van der Waals surface area (Å²) in [5.41, 5.74) is 0. The Morgan fingerprint density at radius 3 is 2.92 bits per heavy atom. The molecule has 1 atom stereocenters. The molecule has 1 rings (SSSR count). The minimum absolute atomic E-state index is 0.458. The first-order chi connectivity index (χ1) is 5.71. The SMILES string of the molecule is CCCSC1(C(=O)O)CCSC1. The minimum atomic E-state index is -0.619. The molecule has 4 heteroatoms. The first kappa shape index (κ1) is 10.3. The van der Waals surface area contributed by atoms with Crippen molar-refractivity contribution in [3.05, 3.63) is 0 Å². The highest BCUT2D eigenvalue weighted by atomic mass is 32.2. The third-order valence-electron chi connectivity index (χ3n) is 1.96. The fourth-order valence-corrected chi connectivity index (χ4v) is 4.10. The van der Waals surface area contributed by atoms with E-state index >= 15 is 0 Å². The van der Waals surface area contributed by atoms with Crippen molar-refractivity contribution >= 4 is 29.5 Å². The van der Waals surface area contributed by atoms with Gasteiger partial charge in [0.25, 0.3) is 0 Å². The van der Waals surface area contributed by atoms with Crippen LogP contribution in [-0.2, 0) is 4.79 Å². The molecule has 0 aromatic heterocycles. The summed E-state index contributed by atoms with van der Waals surface area (Å²) in [5, 5.41) is 9.06. The van der Waals surface area contributed by atoms with Crippen LogP contribution in [0.2, 0.25) is 0 Å². The molecule has 1 aliphatic rings. The van der Waals surface area contributed by atoms with Crippen molar-refractivity contribution in [2.75, 3.05) is 17.3 Å². The van der Waals surface area contributed by atoms with E-state index in [0.29, 0.717) is 0 Å². The zero-order chi connectivity index (χ0) is 9.03. The van der Waals surface area contributed by atoms with Gasteiger partial charge in [-0.2, -0.15) is 11.8 Å². The van der Waals surface area contributed by atoms with Gasteiger partial charge in [0.15, 0.2) is 0 Å². The Kier molecular flexibility index (Phi) is 3.77. The molecule has 0 spiro atoms. The summed E-state index contributed by atoms with van der Waals surface area (Å²) in [6.07, 6.45) is 1.89. The van der Waals surface area contributed by atoms with Crippen LogP contribution in [0.15, 0.2) is 0 Å². The molecule has 0 aromatic carbocycles. The number of rotatable bonds is 4. The molecule has 0 bridgehead atoms. The molecule has 12 heavy (non-hydrogen) atoms. The van der Waals surface area contributed by atoms with Crippen molar-refractivity contribution in [2.24, 2.45) is 0 Å². The van der Waals surface area contributed by atoms with Crippen molar-refractivity contribution in [3.63, 3.8) is 0 Å². The van der Waals surface area contributed by atoms with E-state index < -0.39 is 10.7 Å². The molecule has 1 fully saturated rings. The first-order valence-electron chi connectivity index (χ1n) is 4.16. The highest BCUT2D eigenvalue weighted by Gasteiger charge is 2.41. The van der Waals surface area contributed by atoms with E-state index in [9.17, 15) is 4.79 Å². The number of thioether (sulfide) groups is 2. The van der Waals surface area contributed by atoms with E-state index in [0.717, 1.165) is 30.1 Å². The largest absolute Gasteiger partial charge is 0.480 e. The second kappa shape index (κ2) is 4.42. The van der Waals surface area contributed by atoms with Gasteiger partial charge in [-0.25, -0.2) is 0 Å². The van der Waals surface area contributed by atoms with Crippen LogP contribution in [0.5, 0.6) is 0 Å². The van der Waals surface area contributed by atoms with Crippen LogP contribution in [0, 0.1) is 0 Å². The van der Waals surface area contributed by atoms with E-state index in [2.05, 4.69) is 6.92 Å². The van der Waals surface area contributed by atoms with Crippen LogP contribution >= 0.6 is 23.5 Å². The van der Waals surface area contributed by atoms with E-state index in [-0.39, 0.29) is 0 Å². The molecule has 2 nitrogen and oxygen atoms in total. The normalized spacial score (nSPS) is 29.1. The van der Waals surface area contributed by atoms with Crippen LogP contribution < -0.4 is 0 Å². The maximum atomic E-state index is 11.0. The van der Waals surface area contributed by atoms with Crippen LogP contribution in [0.1, 0.15) is 19.8 Å². The third kappa shape index (κ3) is 2.10. The van der Waals surface area contributed by atoms with Gasteiger partial charge in [0, 0.05) is 5.75 Å². The number of carboxylic acid groups (broad SMARTS) is 1. The molecule has 1 saturated heterocycles. The first-order valence-corrected chi connectivity index (χ1v) is 6.30. The van der Waals surface area contributed by atoms with E-state index in [1.807, 2.05) is 0 Å². The maximum absolute atomic E-state index is 11.0. The zero-order valence-electron chi connectivity index (χ0n) is 7.21. The van der Waals surface area contributed by atoms with Gasteiger partial charge in [0.1, 0.15) is 4.75 Å². The predicted molar refractivity (Wildman–Crippen MR) is 55.1 cm³/mol. The second-order valence-corrected chi connectivity index (χ2v) is 5.53. The van der Waals surface area contributed by atoms with E-state index in [1.165, 1.54) is 0 Å². The molecule has 1 heterocycles. The van der Waals surface area contributed by atoms with Crippen LogP contribution in [0.3, 0.4) is 0 Å². The van der Waals surface area contributed by atoms with Gasteiger partial charge < -0.3 is 5.11 Å². The fraction of sp³-hybridized carbons (Fsp3) is 0.875. The monoisotopic (exact) mass is 206 g/mol. The Labute approximate surface area is 81.5 Å². The summed E-state index contributed by atoms with van der Waals surface area (Å²) in [6.45, 7) is 2.09. The molecule has 1 N–H and O–H groups in total. The highest BCUT2D eigenvalue weighted by molar-refractivity contribution is 8.05. The molecule has 0 aliphatic carbocycles. The van der Waals surface area contributed by atoms with Crippen molar-refractivity contribution in [3.8, 4) is 0 Å². The minimum Gasteiger partial charge on any atom is -0.480 e. The lowest BCUT2D eigenvalue weighted by atomic mass is 10.1. The zero-order valence-corrected chi connectivity index (χ0v) is 8.84. The maximum Gasteiger partial charge on any atom is 0.320 e. The molecule has 70 valence electrons. The van der Waals surface area contributed by atoms with Crippen LogP contribution in [0.4, 0.5) is 0 Å². The summed E-state index contributed by atoms with van der Waals surface area (Å²) in [5.74, 6) is 2.13. The second-order valence-electron chi connectivity index (χ2n) is 2.95. The average Bonchev–Trinajstić information content (AvgIpc) is 2.50. The molecule has 1 unspecified atom stereocenters. The summed E-state index contributed by atoms with van der Waals surface area (Å²) in [6, 6.07) is 0. The standard InChI is InChI=1S/C8H14O2S2/c1-2-4-12-8(7(9)10)3-5-11-6-8/h2-6H2,1H3,(H,9,10). The number of aliphatic carboxylic acids is 1. The molecule has 0 radical (unpaired) electrons. The number of hydrogen-bond acceptors (Lipinski definition) is 3. The van der Waals surface area contributed by atoms with Gasteiger partial charge in [-0.05, 0) is 24.3 Å². The Bertz CT molecular complexity index is 164. The number of carboxylic acids is 1. The summed E-state index contributed by atoms with van der Waals surface area (Å²) >= 11 is 3.38. The lowest BCUT2D eigenvalue weighted by Crippen LogP contribution is -2.35. The summed E-state index contributed by atoms with van der Waals surface area (Å²) in [7, 11) is 0. The van der Waals surface area contributed by atoms with E-state index in [1.54, 1.807) is 23.5 Å². The Morgan fingerprint density at radius 2 is 2.50 bits per heavy atom. The highest BCUT2D eigenvalue weighted by Crippen LogP contribution is 2.40. The smallest absolute Gasteiger partial charge is 0.320 e. The summed E-state index contributed by atoms with van der Waals surface area (Å²) < 4.78 is -0.458. The van der Waals surface area contributed by atoms with Gasteiger partial charge in [0.05, 0.1) is 0 Å². The Morgan fingerprint density at radius 1 is 1.75 bits per heavy atom. The average molecular weight is 206 g/mol. The fourth-order valence-electron chi connectivity index (χ4n) is 1.19. The van der Waals surface area contributed by atoms with Crippen molar-refractivity contribution in [1.82, 2.24) is 0 Å². The van der Waals surface area contributed by atoms with Gasteiger partial charge >= 0.3 is 5.97 Å². The Balaban J connectivity index is 2.53. The van der Waals surface area contributed by atoms with Crippen molar-refractivity contribution in [2.45, 2.75) is 24.5 Å². The molecule has 0 aromatic rings. The molecular formula is C8H14O2S2. The van der Waals surface area contributed by atoms with Crippen LogP contribution in [-0.4, -0.2) is 33.1 Å². The lowest BCUT2D eigenvalue weighted by Gasteiger charge is -2.21. The van der Waals surface area contributed by atoms with Crippen molar-refractivity contribution in [1.29, 1.82) is 0 Å². The third-order valence-corrected chi connectivity index (χ3v) is 5.02. The number of carbonyl (C=O) groups is 1. The lowest BCUT2D eigenvalue weighted by molar-refractivity contribution is -0.139. The Hall–Kier alpha value is 0.170. The van der Waals surface area contributed by atoms with Crippen LogP contribution in [0.25, 0.3) is 0 Å². The summed E-state index contributed by atoms with van der Waals surface area (Å²) in [4.78, 5) is 11.0. The van der Waals surface area contributed by atoms with Crippen molar-refractivity contribution < 1.29 is 9.90 Å². The molecule has 0 amide bonds. The molecule has 0 saturated carbocycles. The van der Waals surface area contributed by atoms with Gasteiger partial charge in [-0.3, -0.25) is 4.79 Å². The van der Waals surface area contributed by atoms with Gasteiger partial charge in [-0.15, -0.1) is 11.8 Å². The van der Waals surface area contributed by atoms with Gasteiger partial charge in [0.2, 0.25) is 0 Å².